The predicted molar refractivity (Wildman–Crippen MR) is 40.4 cm³/mol. The number of carbonyl (C=O) groups is 3. The molecule has 12 heavy (non-hydrogen) atoms. The van der Waals surface area contributed by atoms with E-state index in [1.54, 1.807) is 0 Å². The number of Topliss-reactive ketones (excluding diaryl/α,β-unsaturated/α-hetero) is 1. The summed E-state index contributed by atoms with van der Waals surface area (Å²) in [6.07, 6.45) is 3.15. The lowest BCUT2D eigenvalue weighted by atomic mass is 9.69. The zero-order valence-corrected chi connectivity index (χ0v) is 6.45. The predicted octanol–water partition coefficient (Wildman–Crippen LogP) is 0.290. The highest BCUT2D eigenvalue weighted by molar-refractivity contribution is 6.10. The Kier molecular flexibility index (Phi) is 1.46. The van der Waals surface area contributed by atoms with Crippen LogP contribution in [-0.2, 0) is 14.4 Å². The number of hydrogen-bond donors (Lipinski definition) is 0. The van der Waals surface area contributed by atoms with Crippen LogP contribution in [0.15, 0.2) is 12.2 Å². The van der Waals surface area contributed by atoms with Gasteiger partial charge in [0.2, 0.25) is 0 Å². The minimum absolute atomic E-state index is 0.0606. The van der Waals surface area contributed by atoms with Crippen LogP contribution in [0.5, 0.6) is 0 Å². The molecule has 0 radical (unpaired) electrons. The Morgan fingerprint density at radius 3 is 2.42 bits per heavy atom. The highest BCUT2D eigenvalue weighted by Crippen LogP contribution is 2.35. The van der Waals surface area contributed by atoms with E-state index in [-0.39, 0.29) is 35.6 Å². The van der Waals surface area contributed by atoms with Crippen molar-refractivity contribution in [3.05, 3.63) is 12.2 Å². The Morgan fingerprint density at radius 2 is 1.75 bits per heavy atom. The van der Waals surface area contributed by atoms with E-state index in [0.29, 0.717) is 6.42 Å². The van der Waals surface area contributed by atoms with Gasteiger partial charge in [-0.3, -0.25) is 14.4 Å². The molecule has 3 nitrogen and oxygen atoms in total. The van der Waals surface area contributed by atoms with Crippen molar-refractivity contribution in [1.82, 2.24) is 0 Å². The Bertz CT molecular complexity index is 301. The van der Waals surface area contributed by atoms with Gasteiger partial charge in [0.25, 0.3) is 0 Å². The summed E-state index contributed by atoms with van der Waals surface area (Å²) in [6, 6.07) is 0. The fourth-order valence-electron chi connectivity index (χ4n) is 1.71. The fourth-order valence-corrected chi connectivity index (χ4v) is 1.71. The van der Waals surface area contributed by atoms with E-state index in [1.165, 1.54) is 12.2 Å². The number of allylic oxidation sites excluding steroid dienone is 2. The molecule has 2 rings (SSSR count). The SMILES string of the molecule is O=C1C=CC(=O)[C@@H]2CC(=O)[C@@H]2C1. The molecule has 1 saturated carbocycles. The molecule has 0 N–H and O–H groups in total. The molecule has 2 aliphatic carbocycles. The minimum atomic E-state index is -0.306. The molecule has 1 fully saturated rings. The molecule has 0 amide bonds. The fraction of sp³-hybridized carbons (Fsp3) is 0.444. The van der Waals surface area contributed by atoms with Crippen LogP contribution in [0.4, 0.5) is 0 Å². The van der Waals surface area contributed by atoms with E-state index in [4.69, 9.17) is 0 Å². The van der Waals surface area contributed by atoms with Crippen LogP contribution in [-0.4, -0.2) is 17.3 Å². The van der Waals surface area contributed by atoms with Crippen LogP contribution in [0.1, 0.15) is 12.8 Å². The first-order chi connectivity index (χ1) is 5.68. The second-order valence-electron chi connectivity index (χ2n) is 3.29. The smallest absolute Gasteiger partial charge is 0.160 e. The number of ketones is 3. The van der Waals surface area contributed by atoms with Crippen molar-refractivity contribution < 1.29 is 14.4 Å². The Labute approximate surface area is 69.4 Å². The van der Waals surface area contributed by atoms with E-state index >= 15 is 0 Å². The van der Waals surface area contributed by atoms with Crippen molar-refractivity contribution in [2.45, 2.75) is 12.8 Å². The molecule has 2 atom stereocenters. The standard InChI is InChI=1S/C9H8O3/c10-5-1-2-8(11)7-4-9(12)6(7)3-5/h1-2,6-7H,3-4H2/t6-,7-/m1/s1. The molecule has 0 bridgehead atoms. The first kappa shape index (κ1) is 7.40. The number of carbonyl (C=O) groups excluding carboxylic acids is 3. The lowest BCUT2D eigenvalue weighted by Gasteiger charge is -2.31. The van der Waals surface area contributed by atoms with Gasteiger partial charge in [-0.15, -0.1) is 0 Å². The summed E-state index contributed by atoms with van der Waals surface area (Å²) >= 11 is 0. The van der Waals surface area contributed by atoms with Gasteiger partial charge in [-0.1, -0.05) is 0 Å². The molecule has 62 valence electrons. The third-order valence-corrected chi connectivity index (χ3v) is 2.54. The lowest BCUT2D eigenvalue weighted by molar-refractivity contribution is -0.142. The van der Waals surface area contributed by atoms with Crippen molar-refractivity contribution in [1.29, 1.82) is 0 Å². The molecule has 0 aromatic rings. The van der Waals surface area contributed by atoms with E-state index in [1.807, 2.05) is 0 Å². The van der Waals surface area contributed by atoms with Crippen molar-refractivity contribution in [2.24, 2.45) is 11.8 Å². The van der Waals surface area contributed by atoms with Crippen molar-refractivity contribution in [2.75, 3.05) is 0 Å². The lowest BCUT2D eigenvalue weighted by Crippen LogP contribution is -2.41. The van der Waals surface area contributed by atoms with Gasteiger partial charge in [0.1, 0.15) is 5.78 Å². The molecule has 0 aliphatic heterocycles. The number of rotatable bonds is 0. The van der Waals surface area contributed by atoms with Gasteiger partial charge in [-0.05, 0) is 12.2 Å². The van der Waals surface area contributed by atoms with Gasteiger partial charge in [0.05, 0.1) is 0 Å². The van der Waals surface area contributed by atoms with Crippen LogP contribution < -0.4 is 0 Å². The summed E-state index contributed by atoms with van der Waals surface area (Å²) in [4.78, 5) is 33.1. The molecular weight excluding hydrogens is 156 g/mol. The average Bonchev–Trinajstić information content (AvgIpc) is 2.14. The Morgan fingerprint density at radius 1 is 1.00 bits per heavy atom. The second kappa shape index (κ2) is 2.37. The molecule has 0 aromatic heterocycles. The van der Waals surface area contributed by atoms with Crippen LogP contribution >= 0.6 is 0 Å². The maximum Gasteiger partial charge on any atom is 0.160 e. The molecule has 0 unspecified atom stereocenters. The monoisotopic (exact) mass is 164 g/mol. The normalized spacial score (nSPS) is 34.2. The van der Waals surface area contributed by atoms with Gasteiger partial charge in [0, 0.05) is 24.7 Å². The van der Waals surface area contributed by atoms with Crippen LogP contribution in [0.25, 0.3) is 0 Å². The van der Waals surface area contributed by atoms with E-state index in [9.17, 15) is 14.4 Å². The van der Waals surface area contributed by atoms with E-state index in [2.05, 4.69) is 0 Å². The summed E-state index contributed by atoms with van der Waals surface area (Å²) in [5, 5.41) is 0. The molecule has 0 spiro atoms. The zero-order chi connectivity index (χ0) is 8.72. The molecule has 0 aromatic carbocycles. The minimum Gasteiger partial charge on any atom is -0.299 e. The highest BCUT2D eigenvalue weighted by atomic mass is 16.1. The zero-order valence-electron chi connectivity index (χ0n) is 6.45. The second-order valence-corrected chi connectivity index (χ2v) is 3.29. The average molecular weight is 164 g/mol. The van der Waals surface area contributed by atoms with E-state index in [0.717, 1.165) is 0 Å². The maximum absolute atomic E-state index is 11.2. The van der Waals surface area contributed by atoms with Gasteiger partial charge in [0.15, 0.2) is 11.6 Å². The summed E-state index contributed by atoms with van der Waals surface area (Å²) < 4.78 is 0. The van der Waals surface area contributed by atoms with Crippen LogP contribution in [0.3, 0.4) is 0 Å². The first-order valence-corrected chi connectivity index (χ1v) is 3.96. The van der Waals surface area contributed by atoms with Crippen molar-refractivity contribution in [3.8, 4) is 0 Å². The van der Waals surface area contributed by atoms with Gasteiger partial charge in [-0.2, -0.15) is 0 Å². The maximum atomic E-state index is 11.2. The molecule has 2 aliphatic rings. The largest absolute Gasteiger partial charge is 0.299 e. The highest BCUT2D eigenvalue weighted by Gasteiger charge is 2.44. The van der Waals surface area contributed by atoms with Crippen LogP contribution in [0.2, 0.25) is 0 Å². The quantitative estimate of drug-likeness (QED) is 0.517. The first-order valence-electron chi connectivity index (χ1n) is 3.96. The molecule has 0 heterocycles. The third kappa shape index (κ3) is 0.932. The Balaban J connectivity index is 2.26. The van der Waals surface area contributed by atoms with Crippen molar-refractivity contribution >= 4 is 17.3 Å². The van der Waals surface area contributed by atoms with Crippen molar-refractivity contribution in [3.63, 3.8) is 0 Å². The summed E-state index contributed by atoms with van der Waals surface area (Å²) in [6.45, 7) is 0. The van der Waals surface area contributed by atoms with Crippen LogP contribution in [0, 0.1) is 11.8 Å². The van der Waals surface area contributed by atoms with E-state index < -0.39 is 0 Å². The van der Waals surface area contributed by atoms with Gasteiger partial charge < -0.3 is 0 Å². The summed E-state index contributed by atoms with van der Waals surface area (Å²) in [5.41, 5.74) is 0. The number of hydrogen-bond acceptors (Lipinski definition) is 3. The topological polar surface area (TPSA) is 51.2 Å². The third-order valence-electron chi connectivity index (χ3n) is 2.54. The summed E-state index contributed by atoms with van der Waals surface area (Å²) in [5.74, 6) is -0.611. The Hall–Kier alpha value is -1.25. The molecular formula is C9H8O3. The number of fused-ring (bicyclic) bond motifs is 1. The van der Waals surface area contributed by atoms with Gasteiger partial charge in [-0.25, -0.2) is 0 Å². The molecule has 0 saturated heterocycles. The summed E-state index contributed by atoms with van der Waals surface area (Å²) in [7, 11) is 0. The molecule has 3 heteroatoms. The van der Waals surface area contributed by atoms with Gasteiger partial charge >= 0.3 is 0 Å².